The molecule has 0 spiro atoms. The molecule has 0 bridgehead atoms. The van der Waals surface area contributed by atoms with Crippen molar-refractivity contribution in [3.8, 4) is 0 Å². The summed E-state index contributed by atoms with van der Waals surface area (Å²) in [5.41, 5.74) is 5.60. The van der Waals surface area contributed by atoms with Gasteiger partial charge in [0, 0.05) is 6.54 Å². The number of nitrogens with one attached hydrogen (secondary N) is 1. The highest BCUT2D eigenvalue weighted by atomic mass is 16.2. The van der Waals surface area contributed by atoms with E-state index in [2.05, 4.69) is 26.1 Å². The predicted octanol–water partition coefficient (Wildman–Crippen LogP) is 2.06. The number of hydrogen-bond donors (Lipinski definition) is 2. The molecule has 3 nitrogen and oxygen atoms in total. The van der Waals surface area contributed by atoms with Crippen molar-refractivity contribution in [1.29, 1.82) is 0 Å². The fourth-order valence-corrected chi connectivity index (χ4v) is 2.45. The van der Waals surface area contributed by atoms with E-state index >= 15 is 0 Å². The van der Waals surface area contributed by atoms with E-state index in [1.807, 2.05) is 0 Å². The van der Waals surface area contributed by atoms with E-state index in [9.17, 15) is 4.79 Å². The maximum Gasteiger partial charge on any atom is 0.240 e. The molecule has 0 radical (unpaired) electrons. The van der Waals surface area contributed by atoms with Gasteiger partial charge in [-0.1, -0.05) is 33.6 Å². The van der Waals surface area contributed by atoms with Crippen LogP contribution in [0.3, 0.4) is 0 Å². The first-order valence-electron chi connectivity index (χ1n) is 6.51. The summed E-state index contributed by atoms with van der Waals surface area (Å²) in [6.07, 6.45) is 4.98. The molecule has 3 N–H and O–H groups in total. The maximum atomic E-state index is 12.0. The molecule has 1 amide bonds. The van der Waals surface area contributed by atoms with Gasteiger partial charge in [0.05, 0.1) is 5.54 Å². The minimum Gasteiger partial charge on any atom is -0.354 e. The van der Waals surface area contributed by atoms with Gasteiger partial charge in [0.2, 0.25) is 5.91 Å². The molecule has 1 aliphatic carbocycles. The molecule has 0 aromatic heterocycles. The van der Waals surface area contributed by atoms with Crippen LogP contribution in [0.2, 0.25) is 0 Å². The average molecular weight is 226 g/mol. The van der Waals surface area contributed by atoms with Crippen molar-refractivity contribution in [3.63, 3.8) is 0 Å². The molecular weight excluding hydrogens is 200 g/mol. The highest BCUT2D eigenvalue weighted by Gasteiger charge is 2.37. The Kier molecular flexibility index (Phi) is 4.78. The first-order valence-corrected chi connectivity index (χ1v) is 6.51. The van der Waals surface area contributed by atoms with Gasteiger partial charge in [-0.3, -0.25) is 4.79 Å². The van der Waals surface area contributed by atoms with Gasteiger partial charge in [-0.15, -0.1) is 0 Å². The summed E-state index contributed by atoms with van der Waals surface area (Å²) in [5, 5.41) is 2.98. The molecule has 1 aliphatic rings. The molecule has 16 heavy (non-hydrogen) atoms. The molecule has 1 fully saturated rings. The molecule has 1 saturated carbocycles. The lowest BCUT2D eigenvalue weighted by atomic mass is 9.76. The van der Waals surface area contributed by atoms with Crippen molar-refractivity contribution in [3.05, 3.63) is 0 Å². The Hall–Kier alpha value is -0.570. The molecule has 0 aliphatic heterocycles. The monoisotopic (exact) mass is 226 g/mol. The van der Waals surface area contributed by atoms with Crippen LogP contribution in [0.4, 0.5) is 0 Å². The van der Waals surface area contributed by atoms with Gasteiger partial charge in [0.1, 0.15) is 0 Å². The van der Waals surface area contributed by atoms with Crippen LogP contribution in [0, 0.1) is 11.8 Å². The Labute approximate surface area is 99.2 Å². The lowest BCUT2D eigenvalue weighted by molar-refractivity contribution is -0.128. The Bertz CT molecular complexity index is 240. The summed E-state index contributed by atoms with van der Waals surface area (Å²) in [4.78, 5) is 12.0. The Morgan fingerprint density at radius 2 is 2.25 bits per heavy atom. The molecule has 0 heterocycles. The van der Waals surface area contributed by atoms with Gasteiger partial charge in [-0.2, -0.15) is 0 Å². The molecule has 0 aromatic rings. The van der Waals surface area contributed by atoms with E-state index in [1.165, 1.54) is 6.42 Å². The molecule has 1 rings (SSSR count). The van der Waals surface area contributed by atoms with Crippen molar-refractivity contribution >= 4 is 5.91 Å². The minimum absolute atomic E-state index is 0.0553. The summed E-state index contributed by atoms with van der Waals surface area (Å²) >= 11 is 0. The van der Waals surface area contributed by atoms with Crippen LogP contribution in [0.5, 0.6) is 0 Å². The third kappa shape index (κ3) is 3.78. The van der Waals surface area contributed by atoms with Crippen LogP contribution in [-0.2, 0) is 4.79 Å². The fourth-order valence-electron chi connectivity index (χ4n) is 2.45. The van der Waals surface area contributed by atoms with Gasteiger partial charge in [-0.05, 0) is 31.1 Å². The van der Waals surface area contributed by atoms with Crippen LogP contribution in [0.1, 0.15) is 52.9 Å². The van der Waals surface area contributed by atoms with E-state index in [-0.39, 0.29) is 5.91 Å². The largest absolute Gasteiger partial charge is 0.354 e. The van der Waals surface area contributed by atoms with Crippen molar-refractivity contribution in [2.24, 2.45) is 17.6 Å². The summed E-state index contributed by atoms with van der Waals surface area (Å²) < 4.78 is 0. The number of hydrogen-bond acceptors (Lipinski definition) is 2. The third-order valence-electron chi connectivity index (χ3n) is 3.49. The second-order valence-corrected chi connectivity index (χ2v) is 5.80. The zero-order chi connectivity index (χ0) is 12.2. The second kappa shape index (κ2) is 5.67. The van der Waals surface area contributed by atoms with E-state index in [4.69, 9.17) is 5.73 Å². The highest BCUT2D eigenvalue weighted by Crippen LogP contribution is 2.30. The van der Waals surface area contributed by atoms with E-state index in [0.29, 0.717) is 11.8 Å². The minimum atomic E-state index is -0.603. The van der Waals surface area contributed by atoms with Gasteiger partial charge < -0.3 is 11.1 Å². The molecule has 0 saturated heterocycles. The quantitative estimate of drug-likeness (QED) is 0.771. The Morgan fingerprint density at radius 3 is 2.81 bits per heavy atom. The summed E-state index contributed by atoms with van der Waals surface area (Å²) in [6.45, 7) is 7.26. The van der Waals surface area contributed by atoms with Crippen LogP contribution in [-0.4, -0.2) is 18.0 Å². The fraction of sp³-hybridized carbons (Fsp3) is 0.923. The van der Waals surface area contributed by atoms with Gasteiger partial charge >= 0.3 is 0 Å². The Morgan fingerprint density at radius 1 is 1.56 bits per heavy atom. The number of carbonyl (C=O) groups excluding carboxylic acids is 1. The number of carbonyl (C=O) groups is 1. The van der Waals surface area contributed by atoms with E-state index < -0.39 is 5.54 Å². The normalized spacial score (nSPS) is 30.4. The SMILES string of the molecule is CC(C)CCNC(=O)C1(N)CCCC(C)C1. The lowest BCUT2D eigenvalue weighted by Crippen LogP contribution is -2.56. The molecule has 2 unspecified atom stereocenters. The molecule has 2 atom stereocenters. The van der Waals surface area contributed by atoms with Crippen LogP contribution in [0.15, 0.2) is 0 Å². The van der Waals surface area contributed by atoms with E-state index in [0.717, 1.165) is 32.2 Å². The van der Waals surface area contributed by atoms with Gasteiger partial charge in [-0.25, -0.2) is 0 Å². The van der Waals surface area contributed by atoms with Crippen LogP contribution >= 0.6 is 0 Å². The Balaban J connectivity index is 2.39. The maximum absolute atomic E-state index is 12.0. The summed E-state index contributed by atoms with van der Waals surface area (Å²) in [6, 6.07) is 0. The van der Waals surface area contributed by atoms with Crippen molar-refractivity contribution < 1.29 is 4.79 Å². The number of rotatable bonds is 4. The van der Waals surface area contributed by atoms with Crippen LogP contribution in [0.25, 0.3) is 0 Å². The average Bonchev–Trinajstić information content (AvgIpc) is 2.16. The molecule has 94 valence electrons. The number of nitrogens with two attached hydrogens (primary N) is 1. The molecule has 3 heteroatoms. The second-order valence-electron chi connectivity index (χ2n) is 5.80. The highest BCUT2D eigenvalue weighted by molar-refractivity contribution is 5.86. The first-order chi connectivity index (χ1) is 7.44. The topological polar surface area (TPSA) is 55.1 Å². The van der Waals surface area contributed by atoms with Crippen molar-refractivity contribution in [2.75, 3.05) is 6.54 Å². The molecular formula is C13H26N2O. The lowest BCUT2D eigenvalue weighted by Gasteiger charge is -2.35. The van der Waals surface area contributed by atoms with Crippen molar-refractivity contribution in [2.45, 2.75) is 58.4 Å². The smallest absolute Gasteiger partial charge is 0.240 e. The third-order valence-corrected chi connectivity index (χ3v) is 3.49. The van der Waals surface area contributed by atoms with E-state index in [1.54, 1.807) is 0 Å². The number of amides is 1. The zero-order valence-corrected chi connectivity index (χ0v) is 10.9. The van der Waals surface area contributed by atoms with Crippen LogP contribution < -0.4 is 11.1 Å². The standard InChI is InChI=1S/C13H26N2O/c1-10(2)6-8-15-12(16)13(14)7-4-5-11(3)9-13/h10-11H,4-9,14H2,1-3H3,(H,15,16). The first kappa shape index (κ1) is 13.5. The van der Waals surface area contributed by atoms with Gasteiger partial charge in [0.25, 0.3) is 0 Å². The zero-order valence-electron chi connectivity index (χ0n) is 10.9. The van der Waals surface area contributed by atoms with Gasteiger partial charge in [0.15, 0.2) is 0 Å². The van der Waals surface area contributed by atoms with Crippen molar-refractivity contribution in [1.82, 2.24) is 5.32 Å². The summed E-state index contributed by atoms with van der Waals surface area (Å²) in [7, 11) is 0. The molecule has 0 aromatic carbocycles. The summed E-state index contributed by atoms with van der Waals surface area (Å²) in [5.74, 6) is 1.26. The predicted molar refractivity (Wildman–Crippen MR) is 67.0 cm³/mol.